The molecule has 442 valence electrons. The van der Waals surface area contributed by atoms with E-state index in [-0.39, 0.29) is 16.8 Å². The molecule has 0 unspecified atom stereocenters. The number of ether oxygens (including phenoxy) is 4. The zero-order chi connectivity index (χ0) is 59.1. The first-order valence-corrected chi connectivity index (χ1v) is 30.8. The fraction of sp³-hybridized carbons (Fsp3) is 0.323. The van der Waals surface area contributed by atoms with Gasteiger partial charge in [0.05, 0.1) is 22.6 Å². The summed E-state index contributed by atoms with van der Waals surface area (Å²) in [6, 6.07) is 46.9. The van der Waals surface area contributed by atoms with Crippen molar-refractivity contribution < 1.29 is 37.0 Å². The zero-order valence-electron chi connectivity index (χ0n) is 47.9. The Hall–Kier alpha value is -7.67. The number of carbonyl (C=O) groups is 2. The molecule has 2 aliphatic heterocycles. The number of carbonyl (C=O) groups excluding carboxylic acids is 2. The number of amides is 3. The maximum Gasteiger partial charge on any atom is 0.328 e. The number of aromatic nitrogens is 2. The Morgan fingerprint density at radius 2 is 1.37 bits per heavy atom. The molecule has 1 saturated heterocycles. The monoisotopic (exact) mass is 1200 g/mol. The first-order chi connectivity index (χ1) is 40.9. The average molecular weight is 1200 g/mol. The van der Waals surface area contributed by atoms with Crippen molar-refractivity contribution in [3.05, 3.63) is 202 Å². The number of methoxy groups -OCH3 is 1. The van der Waals surface area contributed by atoms with Gasteiger partial charge in [-0.1, -0.05) is 147 Å². The van der Waals surface area contributed by atoms with Gasteiger partial charge in [-0.05, 0) is 121 Å². The number of likely N-dealkylation sites (N-methyl/N-ethyl adjacent to an activating group) is 1. The number of hydrogen-bond donors (Lipinski definition) is 3. The van der Waals surface area contributed by atoms with Crippen molar-refractivity contribution in [2.75, 3.05) is 77.8 Å². The van der Waals surface area contributed by atoms with Gasteiger partial charge in [-0.15, -0.1) is 0 Å². The van der Waals surface area contributed by atoms with Gasteiger partial charge < -0.3 is 39.4 Å². The van der Waals surface area contributed by atoms with Crippen molar-refractivity contribution in [3.8, 4) is 23.0 Å². The van der Waals surface area contributed by atoms with Crippen molar-refractivity contribution in [1.29, 1.82) is 0 Å². The average Bonchev–Trinajstić information content (AvgIpc) is 3.75. The number of hydrogen-bond acceptors (Lipinski definition) is 13. The Morgan fingerprint density at radius 1 is 0.726 bits per heavy atom. The molecule has 1 saturated carbocycles. The molecule has 84 heavy (non-hydrogen) atoms. The summed E-state index contributed by atoms with van der Waals surface area (Å²) >= 11 is 12.8. The highest BCUT2D eigenvalue weighted by Crippen LogP contribution is 2.36. The standard InChI is InChI=1S/C26H28ClNO.C23H28ClN3O5S.C16H18N4O2/c1-3-28(4-2)19-20-29-24-17-15-22(16-18-24)25(21-11-7-5-8-12-21)26(27)23-13-9-6-10-14-23;1-32-21-12-9-17(24)15-20(21)22(28)25-14-13-16-7-10-19(11-8-16)33(30,31)27-23(29)26-18-5-3-2-4-6-18;1-4-17-16(18-5-1)20-8-6-19(7-9-20)11-13-2-3-14-15(10-13)22-12-21-14/h5-18H,3-4,19-20H2,1-2H3;7-12,15,18H,2-6,13-14H2,1H3,(H,25,28)(H2,26,27,29);1-5,10H,6-9,11-12H2/b26-25+;;. The van der Waals surface area contributed by atoms with Gasteiger partial charge in [0.1, 0.15) is 18.1 Å². The lowest BCUT2D eigenvalue weighted by molar-refractivity contribution is 0.0951. The van der Waals surface area contributed by atoms with E-state index in [9.17, 15) is 18.0 Å². The van der Waals surface area contributed by atoms with Crippen LogP contribution in [0.15, 0.2) is 169 Å². The number of urea groups is 1. The molecule has 0 atom stereocenters. The van der Waals surface area contributed by atoms with Crippen LogP contribution in [-0.4, -0.2) is 119 Å². The van der Waals surface area contributed by atoms with Crippen LogP contribution in [-0.2, 0) is 23.0 Å². The van der Waals surface area contributed by atoms with Crippen molar-refractivity contribution in [2.24, 2.45) is 0 Å². The quantitative estimate of drug-likeness (QED) is 0.0615. The number of fused-ring (bicyclic) bond motifs is 1. The molecule has 0 radical (unpaired) electrons. The molecule has 16 nitrogen and oxygen atoms in total. The highest BCUT2D eigenvalue weighted by atomic mass is 35.5. The highest BCUT2D eigenvalue weighted by molar-refractivity contribution is 7.90. The minimum atomic E-state index is -3.97. The molecule has 3 aliphatic rings. The summed E-state index contributed by atoms with van der Waals surface area (Å²) in [4.78, 5) is 40.2. The Bertz CT molecular complexity index is 3330. The van der Waals surface area contributed by atoms with Crippen molar-refractivity contribution in [2.45, 2.75) is 69.9 Å². The first kappa shape index (κ1) is 62.4. The van der Waals surface area contributed by atoms with Gasteiger partial charge in [0, 0.05) is 74.8 Å². The topological polar surface area (TPSA) is 177 Å². The van der Waals surface area contributed by atoms with E-state index in [1.165, 1.54) is 30.9 Å². The Balaban J connectivity index is 0.000000167. The maximum atomic E-state index is 12.5. The number of halogens is 2. The van der Waals surface area contributed by atoms with E-state index >= 15 is 0 Å². The molecular weight excluding hydrogens is 1120 g/mol. The minimum Gasteiger partial charge on any atom is -0.496 e. The third kappa shape index (κ3) is 18.4. The SMILES string of the molecule is CCN(CC)CCOc1ccc(/C(=C(/Cl)c2ccccc2)c2ccccc2)cc1.COc1ccc(Cl)cc1C(=O)NCCc1ccc(S(=O)(=O)NC(=O)NC2CCCCC2)cc1.c1cnc(N2CCN(Cc3ccc4c(c3)OCO4)CC2)nc1. The van der Waals surface area contributed by atoms with Gasteiger partial charge in [0.15, 0.2) is 11.5 Å². The smallest absolute Gasteiger partial charge is 0.328 e. The molecule has 10 rings (SSSR count). The van der Waals surface area contributed by atoms with Crippen LogP contribution in [0.5, 0.6) is 23.0 Å². The van der Waals surface area contributed by atoms with E-state index in [1.807, 2.05) is 72.8 Å². The lowest BCUT2D eigenvalue weighted by atomic mass is 9.95. The van der Waals surface area contributed by atoms with Crippen LogP contribution in [0.2, 0.25) is 5.02 Å². The summed E-state index contributed by atoms with van der Waals surface area (Å²) < 4.78 is 49.0. The van der Waals surface area contributed by atoms with Gasteiger partial charge in [-0.25, -0.2) is 27.9 Å². The third-order valence-electron chi connectivity index (χ3n) is 14.6. The fourth-order valence-electron chi connectivity index (χ4n) is 9.91. The zero-order valence-corrected chi connectivity index (χ0v) is 50.2. The molecule has 0 bridgehead atoms. The summed E-state index contributed by atoms with van der Waals surface area (Å²) in [6.45, 7) is 13.6. The molecular formula is C65H74Cl2N8O8S. The molecule has 1 aliphatic carbocycles. The van der Waals surface area contributed by atoms with Crippen LogP contribution in [0, 0.1) is 0 Å². The third-order valence-corrected chi connectivity index (χ3v) is 16.6. The normalized spacial score (nSPS) is 14.4. The van der Waals surface area contributed by atoms with Gasteiger partial charge in [-0.2, -0.15) is 0 Å². The van der Waals surface area contributed by atoms with Crippen LogP contribution in [0.4, 0.5) is 10.7 Å². The number of anilines is 1. The highest BCUT2D eigenvalue weighted by Gasteiger charge is 2.23. The first-order valence-electron chi connectivity index (χ1n) is 28.5. The summed E-state index contributed by atoms with van der Waals surface area (Å²) in [6.07, 6.45) is 9.01. The summed E-state index contributed by atoms with van der Waals surface area (Å²) in [5.41, 5.74) is 6.62. The molecule has 0 spiro atoms. The number of piperazine rings is 1. The second-order valence-corrected chi connectivity index (χ2v) is 22.7. The second kappa shape index (κ2) is 31.8. The predicted molar refractivity (Wildman–Crippen MR) is 333 cm³/mol. The van der Waals surface area contributed by atoms with Crippen LogP contribution < -0.4 is 39.2 Å². The van der Waals surface area contributed by atoms with Gasteiger partial charge in [-0.3, -0.25) is 9.69 Å². The maximum absolute atomic E-state index is 12.5. The van der Waals surface area contributed by atoms with Gasteiger partial charge in [0.2, 0.25) is 12.7 Å². The number of nitrogens with zero attached hydrogens (tertiary/aromatic N) is 5. The van der Waals surface area contributed by atoms with E-state index in [1.54, 1.807) is 36.7 Å². The van der Waals surface area contributed by atoms with E-state index < -0.39 is 16.1 Å². The van der Waals surface area contributed by atoms with E-state index in [0.29, 0.717) is 42.7 Å². The minimum absolute atomic E-state index is 0.00209. The summed E-state index contributed by atoms with van der Waals surface area (Å²) in [7, 11) is -2.49. The Kier molecular flexibility index (Phi) is 23.6. The number of rotatable bonds is 20. The molecule has 3 N–H and O–H groups in total. The molecule has 6 aromatic carbocycles. The molecule has 1 aromatic heterocycles. The largest absolute Gasteiger partial charge is 0.496 e. The van der Waals surface area contributed by atoms with E-state index in [2.05, 4.69) is 90.3 Å². The number of sulfonamides is 1. The molecule has 3 amide bonds. The summed E-state index contributed by atoms with van der Waals surface area (Å²) in [5, 5.41) is 6.70. The van der Waals surface area contributed by atoms with Gasteiger partial charge >= 0.3 is 6.03 Å². The fourth-order valence-corrected chi connectivity index (χ4v) is 11.3. The molecule has 7 aromatic rings. The molecule has 19 heteroatoms. The van der Waals surface area contributed by atoms with Crippen LogP contribution in [0.1, 0.15) is 84.1 Å². The number of nitrogens with one attached hydrogen (secondary N) is 3. The lowest BCUT2D eigenvalue weighted by Gasteiger charge is -2.34. The Labute approximate surface area is 504 Å². The van der Waals surface area contributed by atoms with Crippen molar-refractivity contribution >= 4 is 61.7 Å². The Morgan fingerprint density at radius 3 is 2.04 bits per heavy atom. The van der Waals surface area contributed by atoms with Crippen molar-refractivity contribution in [1.82, 2.24) is 35.1 Å². The molecule has 2 fully saturated rings. The van der Waals surface area contributed by atoms with Crippen LogP contribution in [0.3, 0.4) is 0 Å². The van der Waals surface area contributed by atoms with E-state index in [0.717, 1.165) is 141 Å². The second-order valence-electron chi connectivity index (χ2n) is 20.2. The van der Waals surface area contributed by atoms with Gasteiger partial charge in [0.25, 0.3) is 15.9 Å². The van der Waals surface area contributed by atoms with E-state index in [4.69, 9.17) is 42.1 Å². The predicted octanol–water partition coefficient (Wildman–Crippen LogP) is 11.7. The lowest BCUT2D eigenvalue weighted by Crippen LogP contribution is -2.46. The number of benzene rings is 6. The molecule has 3 heterocycles. The van der Waals surface area contributed by atoms with Crippen LogP contribution >= 0.6 is 23.2 Å². The van der Waals surface area contributed by atoms with Crippen molar-refractivity contribution in [3.63, 3.8) is 0 Å². The van der Waals surface area contributed by atoms with Crippen LogP contribution in [0.25, 0.3) is 10.6 Å². The summed E-state index contributed by atoms with van der Waals surface area (Å²) in [5.74, 6) is 3.51.